The number of alkyl carbamates (subject to hydrolysis) is 2. The molecule has 3 fully saturated rings. The van der Waals surface area contributed by atoms with E-state index in [0.717, 1.165) is 53.4 Å². The number of rotatable bonds is 11. The van der Waals surface area contributed by atoms with E-state index in [1.165, 1.54) is 49.3 Å². The molecule has 0 spiro atoms. The van der Waals surface area contributed by atoms with Crippen LogP contribution in [0, 0.1) is 23.7 Å². The molecule has 61 heavy (non-hydrogen) atoms. The molecule has 2 saturated heterocycles. The maximum absolute atomic E-state index is 13.9. The number of ether oxygens (including phenoxy) is 2. The molecule has 2 bridgehead atoms. The van der Waals surface area contributed by atoms with E-state index < -0.39 is 24.3 Å². The largest absolute Gasteiger partial charge is 0.453 e. The first kappa shape index (κ1) is 42.0. The van der Waals surface area contributed by atoms with Gasteiger partial charge in [0.05, 0.1) is 50.1 Å². The van der Waals surface area contributed by atoms with Gasteiger partial charge in [-0.1, -0.05) is 77.9 Å². The lowest BCUT2D eigenvalue weighted by Crippen LogP contribution is -2.51. The third kappa shape index (κ3) is 8.01. The molecule has 4 aromatic rings. The zero-order valence-electron chi connectivity index (χ0n) is 36.6. The van der Waals surface area contributed by atoms with Gasteiger partial charge in [-0.3, -0.25) is 9.59 Å². The second-order valence-corrected chi connectivity index (χ2v) is 18.5. The Balaban J connectivity index is 1.03. The van der Waals surface area contributed by atoms with Gasteiger partial charge in [-0.05, 0) is 95.4 Å². The van der Waals surface area contributed by atoms with Crippen LogP contribution < -0.4 is 10.6 Å². The molecule has 4 N–H and O–H groups in total. The molecule has 4 aliphatic rings. The Labute approximate surface area is 358 Å². The summed E-state index contributed by atoms with van der Waals surface area (Å²) in [6.07, 6.45) is 7.59. The van der Waals surface area contributed by atoms with E-state index in [1.807, 2.05) is 49.9 Å². The number of nitrogens with one attached hydrogen (secondary N) is 4. The quantitative estimate of drug-likeness (QED) is 0.117. The highest BCUT2D eigenvalue weighted by molar-refractivity contribution is 5.87. The normalized spacial score (nSPS) is 24.0. The van der Waals surface area contributed by atoms with Gasteiger partial charge in [0, 0.05) is 18.7 Å². The molecule has 4 heterocycles. The Morgan fingerprint density at radius 1 is 0.639 bits per heavy atom. The van der Waals surface area contributed by atoms with Gasteiger partial charge < -0.3 is 39.9 Å². The third-order valence-corrected chi connectivity index (χ3v) is 13.5. The van der Waals surface area contributed by atoms with Crippen LogP contribution in [0.15, 0.2) is 48.8 Å². The van der Waals surface area contributed by atoms with E-state index in [-0.39, 0.29) is 47.6 Å². The van der Waals surface area contributed by atoms with Crippen LogP contribution >= 0.6 is 0 Å². The van der Waals surface area contributed by atoms with Gasteiger partial charge in [0.2, 0.25) is 11.8 Å². The number of benzene rings is 2. The van der Waals surface area contributed by atoms with Crippen LogP contribution in [-0.4, -0.2) is 93.1 Å². The number of H-pyrrole nitrogens is 2. The van der Waals surface area contributed by atoms with E-state index in [0.29, 0.717) is 24.9 Å². The van der Waals surface area contributed by atoms with Gasteiger partial charge in [0.15, 0.2) is 0 Å². The van der Waals surface area contributed by atoms with Crippen LogP contribution in [0.2, 0.25) is 0 Å². The van der Waals surface area contributed by atoms with Gasteiger partial charge in [0.25, 0.3) is 0 Å². The van der Waals surface area contributed by atoms with Crippen LogP contribution in [0.1, 0.15) is 120 Å². The SMILES string of the molecule is COC(=O)N[C@H](C(=O)N1C[C@@H](C)C[C@H]1c1ncc(-c2ccc(-c3ccc(-c4cnc([C@@H]5C[C@H](C)CN5C(=O)[C@H](NC(=O)OC)C(C)C)[nH]4)cc3)c3c2C2CCC3C2)[nH]1)C(C)C. The number of fused-ring (bicyclic) bond motifs is 5. The highest BCUT2D eigenvalue weighted by Crippen LogP contribution is 2.58. The number of hydrogen-bond acceptors (Lipinski definition) is 8. The molecule has 14 heteroatoms. The summed E-state index contributed by atoms with van der Waals surface area (Å²) in [5.74, 6) is 2.58. The number of imidazole rings is 2. The summed E-state index contributed by atoms with van der Waals surface area (Å²) in [6.45, 7) is 13.1. The molecule has 1 saturated carbocycles. The Bertz CT molecular complexity index is 2280. The number of hydrogen-bond donors (Lipinski definition) is 4. The maximum atomic E-state index is 13.9. The van der Waals surface area contributed by atoms with Crippen LogP contribution in [0.4, 0.5) is 9.59 Å². The van der Waals surface area contributed by atoms with E-state index in [9.17, 15) is 19.2 Å². The predicted molar refractivity (Wildman–Crippen MR) is 231 cm³/mol. The Morgan fingerprint density at radius 2 is 1.08 bits per heavy atom. The highest BCUT2D eigenvalue weighted by Gasteiger charge is 2.43. The molecule has 4 amide bonds. The summed E-state index contributed by atoms with van der Waals surface area (Å²) >= 11 is 0. The van der Waals surface area contributed by atoms with E-state index in [1.54, 1.807) is 0 Å². The first-order valence-electron chi connectivity index (χ1n) is 21.9. The number of carbonyl (C=O) groups excluding carboxylic acids is 4. The number of amides is 4. The van der Waals surface area contributed by atoms with Crippen molar-refractivity contribution >= 4 is 24.0 Å². The van der Waals surface area contributed by atoms with Gasteiger partial charge in [-0.2, -0.15) is 0 Å². The number of methoxy groups -OCH3 is 2. The van der Waals surface area contributed by atoms with E-state index in [4.69, 9.17) is 19.4 Å². The molecule has 2 aromatic carbocycles. The second kappa shape index (κ2) is 17.0. The molecule has 2 aliphatic heterocycles. The number of carbonyl (C=O) groups is 4. The van der Waals surface area contributed by atoms with Crippen molar-refractivity contribution in [2.75, 3.05) is 27.3 Å². The molecule has 8 atom stereocenters. The summed E-state index contributed by atoms with van der Waals surface area (Å²) in [4.78, 5) is 72.5. The van der Waals surface area contributed by atoms with E-state index in [2.05, 4.69) is 70.8 Å². The number of aromatic nitrogens is 4. The Morgan fingerprint density at radius 3 is 1.57 bits per heavy atom. The topological polar surface area (TPSA) is 175 Å². The standard InChI is InChI=1S/C47H60N8O6/c1-24(2)40(52-46(58)60-7)44(56)54-22-26(5)17-36(54)42-48-20-34(50-42)29-11-9-28(10-12-29)32-15-16-33(39-31-14-13-30(19-31)38(32)39)35-21-49-43(51-35)37-18-27(6)23-55(37)45(57)41(25(3)4)53-47(59)61-8/h9-12,15-16,20-21,24-27,30-31,36-37,40-41H,13-14,17-19,22-23H2,1-8H3,(H,48,50)(H,49,51)(H,52,58)(H,53,59)/t26-,27-,30?,31?,36-,37-,40+,41-/m0/s1. The van der Waals surface area contributed by atoms with Crippen LogP contribution in [0.3, 0.4) is 0 Å². The molecule has 8 rings (SSSR count). The Hall–Kier alpha value is -5.66. The minimum Gasteiger partial charge on any atom is -0.453 e. The van der Waals surface area contributed by atoms with Gasteiger partial charge in [0.1, 0.15) is 23.7 Å². The first-order valence-corrected chi connectivity index (χ1v) is 21.9. The van der Waals surface area contributed by atoms with Gasteiger partial charge in [-0.25, -0.2) is 19.6 Å². The van der Waals surface area contributed by atoms with Crippen molar-refractivity contribution in [2.24, 2.45) is 23.7 Å². The average Bonchev–Trinajstić information content (AvgIpc) is 4.12. The second-order valence-electron chi connectivity index (χ2n) is 18.5. The fourth-order valence-electron chi connectivity index (χ4n) is 10.5. The molecule has 2 aliphatic carbocycles. The first-order chi connectivity index (χ1) is 29.3. The molecule has 2 unspecified atom stereocenters. The van der Waals surface area contributed by atoms with Crippen molar-refractivity contribution in [3.8, 4) is 33.6 Å². The lowest BCUT2D eigenvalue weighted by molar-refractivity contribution is -0.136. The van der Waals surface area contributed by atoms with Crippen molar-refractivity contribution in [3.63, 3.8) is 0 Å². The van der Waals surface area contributed by atoms with Crippen LogP contribution in [0.25, 0.3) is 33.6 Å². The molecule has 324 valence electrons. The summed E-state index contributed by atoms with van der Waals surface area (Å²) in [7, 11) is 2.61. The summed E-state index contributed by atoms with van der Waals surface area (Å²) in [5.41, 5.74) is 9.30. The fourth-order valence-corrected chi connectivity index (χ4v) is 10.5. The van der Waals surface area contributed by atoms with Crippen molar-refractivity contribution in [2.45, 2.75) is 110 Å². The number of aromatic amines is 2. The third-order valence-electron chi connectivity index (χ3n) is 13.5. The smallest absolute Gasteiger partial charge is 0.407 e. The molecule has 0 radical (unpaired) electrons. The zero-order chi connectivity index (χ0) is 43.3. The number of nitrogens with zero attached hydrogens (tertiary/aromatic N) is 4. The number of likely N-dealkylation sites (tertiary alicyclic amines) is 2. The van der Waals surface area contributed by atoms with Gasteiger partial charge >= 0.3 is 12.2 Å². The van der Waals surface area contributed by atoms with Crippen molar-refractivity contribution < 1.29 is 28.7 Å². The van der Waals surface area contributed by atoms with Crippen molar-refractivity contribution in [1.82, 2.24) is 40.4 Å². The molecule has 2 aromatic heterocycles. The lowest BCUT2D eigenvalue weighted by atomic mass is 9.82. The van der Waals surface area contributed by atoms with Crippen LogP contribution in [-0.2, 0) is 19.1 Å². The van der Waals surface area contributed by atoms with Gasteiger partial charge in [-0.15, -0.1) is 0 Å². The zero-order valence-corrected chi connectivity index (χ0v) is 36.6. The Kier molecular flexibility index (Phi) is 11.7. The summed E-state index contributed by atoms with van der Waals surface area (Å²) < 4.78 is 9.64. The average molecular weight is 833 g/mol. The maximum Gasteiger partial charge on any atom is 0.407 e. The van der Waals surface area contributed by atoms with Crippen molar-refractivity contribution in [3.05, 3.63) is 71.6 Å². The minimum absolute atomic E-state index is 0.111. The highest BCUT2D eigenvalue weighted by atomic mass is 16.5. The summed E-state index contributed by atoms with van der Waals surface area (Å²) in [6, 6.07) is 11.3. The molecule has 14 nitrogen and oxygen atoms in total. The molecular formula is C47H60N8O6. The monoisotopic (exact) mass is 832 g/mol. The minimum atomic E-state index is -0.698. The van der Waals surface area contributed by atoms with Crippen molar-refractivity contribution in [1.29, 1.82) is 0 Å². The fraction of sp³-hybridized carbons (Fsp3) is 0.532. The summed E-state index contributed by atoms with van der Waals surface area (Å²) in [5, 5.41) is 5.48. The lowest BCUT2D eigenvalue weighted by Gasteiger charge is -2.30. The van der Waals surface area contributed by atoms with Crippen LogP contribution in [0.5, 0.6) is 0 Å². The molecular weight excluding hydrogens is 773 g/mol. The predicted octanol–water partition coefficient (Wildman–Crippen LogP) is 8.08. The van der Waals surface area contributed by atoms with E-state index >= 15 is 0 Å².